The highest BCUT2D eigenvalue weighted by molar-refractivity contribution is 5.73. The van der Waals surface area contributed by atoms with Crippen LogP contribution in [0, 0.1) is 0 Å². The van der Waals surface area contributed by atoms with Crippen LogP contribution in [0.2, 0.25) is 0 Å². The first-order valence-corrected chi connectivity index (χ1v) is 9.35. The Morgan fingerprint density at radius 3 is 2.46 bits per heavy atom. The lowest BCUT2D eigenvalue weighted by Crippen LogP contribution is -3.00. The number of anilines is 1. The predicted octanol–water partition coefficient (Wildman–Crippen LogP) is -0.236. The third kappa shape index (κ3) is 4.88. The molecule has 1 unspecified atom stereocenters. The van der Waals surface area contributed by atoms with Gasteiger partial charge in [-0.15, -0.1) is 0 Å². The summed E-state index contributed by atoms with van der Waals surface area (Å²) in [6.07, 6.45) is 1.49. The van der Waals surface area contributed by atoms with Crippen molar-refractivity contribution in [1.82, 2.24) is 4.57 Å². The van der Waals surface area contributed by atoms with Gasteiger partial charge in [0.25, 0.3) is 0 Å². The smallest absolute Gasteiger partial charge is 0.356 e. The third-order valence-corrected chi connectivity index (χ3v) is 4.65. The largest absolute Gasteiger partial charge is 1.00 e. The van der Waals surface area contributed by atoms with Crippen molar-refractivity contribution in [3.63, 3.8) is 0 Å². The number of nitrogens with zero attached hydrogens (tertiary/aromatic N) is 2. The van der Waals surface area contributed by atoms with Gasteiger partial charge in [0.2, 0.25) is 0 Å². The zero-order chi connectivity index (χ0) is 19.2. The zero-order valence-corrected chi connectivity index (χ0v) is 17.1. The van der Waals surface area contributed by atoms with Gasteiger partial charge in [-0.1, -0.05) is 25.5 Å². The molecule has 0 radical (unpaired) electrons. The molecular formula is C21H28ClN3O3. The molecule has 0 fully saturated rings. The highest BCUT2D eigenvalue weighted by Crippen LogP contribution is 2.19. The highest BCUT2D eigenvalue weighted by atomic mass is 35.5. The first kappa shape index (κ1) is 21.9. The number of hydrogen-bond acceptors (Lipinski definition) is 4. The summed E-state index contributed by atoms with van der Waals surface area (Å²) in [5.41, 5.74) is 8.52. The van der Waals surface area contributed by atoms with Crippen molar-refractivity contribution in [3.05, 3.63) is 48.5 Å². The second-order valence-electron chi connectivity index (χ2n) is 6.60. The number of nitrogen functional groups attached to an aromatic ring is 1. The van der Waals surface area contributed by atoms with E-state index in [0.29, 0.717) is 18.2 Å². The number of unbranched alkanes of at least 4 members (excludes halogenated alkanes) is 1. The van der Waals surface area contributed by atoms with Gasteiger partial charge in [-0.3, -0.25) is 5.73 Å². The number of para-hydroxylation sites is 2. The normalized spacial score (nSPS) is 11.8. The zero-order valence-electron chi connectivity index (χ0n) is 16.3. The standard InChI is InChI=1S/C21H27N3O3.ClH/c1-3-4-13-23-19-7-5-6-8-20(19)24(21(23)22)14-16(25)15-27-18-11-9-17(26-2)10-12-18;/h5-12,16,22,25H,3-4,13-15H2,1-2H3;1H. The van der Waals surface area contributed by atoms with E-state index in [1.165, 1.54) is 0 Å². The summed E-state index contributed by atoms with van der Waals surface area (Å²) in [6.45, 7) is 3.60. The van der Waals surface area contributed by atoms with Crippen LogP contribution in [0.1, 0.15) is 19.8 Å². The number of aryl methyl sites for hydroxylation is 1. The summed E-state index contributed by atoms with van der Waals surface area (Å²) < 4.78 is 14.9. The Balaban J connectivity index is 0.00000280. The monoisotopic (exact) mass is 405 g/mol. The van der Waals surface area contributed by atoms with E-state index in [9.17, 15) is 5.11 Å². The highest BCUT2D eigenvalue weighted by Gasteiger charge is 2.22. The van der Waals surface area contributed by atoms with E-state index in [2.05, 4.69) is 17.6 Å². The topological polar surface area (TPSA) is 73.5 Å². The Hall–Kier alpha value is -2.44. The quantitative estimate of drug-likeness (QED) is 0.482. The number of rotatable bonds is 9. The number of aliphatic hydroxyl groups excluding tert-OH is 1. The number of methoxy groups -OCH3 is 1. The minimum atomic E-state index is -0.676. The Morgan fingerprint density at radius 2 is 1.79 bits per heavy atom. The van der Waals surface area contributed by atoms with Gasteiger partial charge < -0.3 is 27.0 Å². The van der Waals surface area contributed by atoms with E-state index < -0.39 is 6.10 Å². The van der Waals surface area contributed by atoms with Crippen LogP contribution < -0.4 is 32.2 Å². The van der Waals surface area contributed by atoms with Gasteiger partial charge in [-0.05, 0) is 42.8 Å². The molecule has 0 amide bonds. The van der Waals surface area contributed by atoms with Crippen LogP contribution in [0.5, 0.6) is 11.5 Å². The van der Waals surface area contributed by atoms with E-state index in [-0.39, 0.29) is 19.0 Å². The Kier molecular flexibility index (Phi) is 7.96. The van der Waals surface area contributed by atoms with Gasteiger partial charge in [0, 0.05) is 0 Å². The molecule has 0 aliphatic rings. The fourth-order valence-corrected chi connectivity index (χ4v) is 3.18. The minimum Gasteiger partial charge on any atom is -1.00 e. The Labute approximate surface area is 171 Å². The van der Waals surface area contributed by atoms with Crippen LogP contribution in [0.3, 0.4) is 0 Å². The fraction of sp³-hybridized carbons (Fsp3) is 0.381. The van der Waals surface area contributed by atoms with Gasteiger partial charge in [0.1, 0.15) is 41.8 Å². The van der Waals surface area contributed by atoms with Crippen LogP contribution in [-0.4, -0.2) is 29.5 Å². The van der Waals surface area contributed by atoms with Crippen molar-refractivity contribution in [1.29, 1.82) is 0 Å². The van der Waals surface area contributed by atoms with E-state index in [1.54, 1.807) is 7.11 Å². The van der Waals surface area contributed by atoms with E-state index >= 15 is 0 Å². The number of benzene rings is 2. The molecule has 1 aromatic heterocycles. The van der Waals surface area contributed by atoms with Crippen LogP contribution in [0.4, 0.5) is 5.95 Å². The van der Waals surface area contributed by atoms with Crippen molar-refractivity contribution in [3.8, 4) is 11.5 Å². The average Bonchev–Trinajstić information content (AvgIpc) is 2.96. The van der Waals surface area contributed by atoms with Crippen molar-refractivity contribution in [2.45, 2.75) is 39.0 Å². The van der Waals surface area contributed by atoms with Crippen LogP contribution >= 0.6 is 0 Å². The maximum Gasteiger partial charge on any atom is 0.356 e. The molecule has 152 valence electrons. The summed E-state index contributed by atoms with van der Waals surface area (Å²) in [5, 5.41) is 10.5. The Morgan fingerprint density at radius 1 is 1.11 bits per heavy atom. The molecule has 0 aliphatic carbocycles. The lowest BCUT2D eigenvalue weighted by Gasteiger charge is -2.12. The first-order valence-electron chi connectivity index (χ1n) is 9.35. The van der Waals surface area contributed by atoms with Crippen molar-refractivity contribution >= 4 is 17.0 Å². The predicted molar refractivity (Wildman–Crippen MR) is 106 cm³/mol. The number of ether oxygens (including phenoxy) is 2. The number of fused-ring (bicyclic) bond motifs is 1. The van der Waals surface area contributed by atoms with Crippen molar-refractivity contribution < 1.29 is 31.6 Å². The maximum atomic E-state index is 10.5. The van der Waals surface area contributed by atoms with Crippen LogP contribution in [0.25, 0.3) is 11.0 Å². The molecule has 0 bridgehead atoms. The van der Waals surface area contributed by atoms with Gasteiger partial charge in [0.05, 0.1) is 13.7 Å². The molecule has 7 heteroatoms. The maximum absolute atomic E-state index is 10.5. The number of hydrogen-bond donors (Lipinski definition) is 2. The van der Waals surface area contributed by atoms with E-state index in [4.69, 9.17) is 15.2 Å². The molecule has 1 atom stereocenters. The van der Waals surface area contributed by atoms with Gasteiger partial charge in [0.15, 0.2) is 0 Å². The summed E-state index contributed by atoms with van der Waals surface area (Å²) in [6, 6.07) is 15.4. The van der Waals surface area contributed by atoms with Gasteiger partial charge in [-0.2, -0.15) is 0 Å². The number of aromatic nitrogens is 2. The second-order valence-corrected chi connectivity index (χ2v) is 6.60. The summed E-state index contributed by atoms with van der Waals surface area (Å²) in [7, 11) is 1.62. The molecule has 3 N–H and O–H groups in total. The molecule has 28 heavy (non-hydrogen) atoms. The summed E-state index contributed by atoms with van der Waals surface area (Å²) in [4.78, 5) is 0. The molecule has 6 nitrogen and oxygen atoms in total. The number of imidazole rings is 1. The molecule has 0 saturated carbocycles. The molecular weight excluding hydrogens is 378 g/mol. The van der Waals surface area contributed by atoms with Gasteiger partial charge >= 0.3 is 5.95 Å². The lowest BCUT2D eigenvalue weighted by atomic mass is 10.3. The lowest BCUT2D eigenvalue weighted by molar-refractivity contribution is -0.665. The van der Waals surface area contributed by atoms with Crippen molar-refractivity contribution in [2.24, 2.45) is 0 Å². The first-order chi connectivity index (χ1) is 13.1. The SMILES string of the molecule is CCCCn1c(N)[n+](CC(O)COc2ccc(OC)cc2)c2ccccc21.[Cl-]. The van der Waals surface area contributed by atoms with E-state index in [1.807, 2.05) is 47.0 Å². The molecule has 0 spiro atoms. The molecule has 0 aliphatic heterocycles. The molecule has 3 aromatic rings. The Bertz CT molecular complexity index is 880. The second kappa shape index (κ2) is 10.2. The summed E-state index contributed by atoms with van der Waals surface area (Å²) >= 11 is 0. The summed E-state index contributed by atoms with van der Waals surface area (Å²) in [5.74, 6) is 2.12. The molecule has 0 saturated heterocycles. The number of aliphatic hydroxyl groups is 1. The fourth-order valence-electron chi connectivity index (χ4n) is 3.18. The molecule has 1 heterocycles. The van der Waals surface area contributed by atoms with Gasteiger partial charge in [-0.25, -0.2) is 9.13 Å². The van der Waals surface area contributed by atoms with Crippen LogP contribution in [0.15, 0.2) is 48.5 Å². The molecule has 3 rings (SSSR count). The number of halogens is 1. The van der Waals surface area contributed by atoms with Crippen LogP contribution in [-0.2, 0) is 13.1 Å². The number of nitrogens with two attached hydrogens (primary N) is 1. The van der Waals surface area contributed by atoms with Crippen molar-refractivity contribution in [2.75, 3.05) is 19.5 Å². The minimum absolute atomic E-state index is 0. The third-order valence-electron chi connectivity index (χ3n) is 4.65. The molecule has 2 aromatic carbocycles. The van der Waals surface area contributed by atoms with E-state index in [0.717, 1.165) is 36.2 Å². The average molecular weight is 406 g/mol.